The van der Waals surface area contributed by atoms with Crippen LogP contribution in [0, 0.1) is 0 Å². The lowest BCUT2D eigenvalue weighted by Crippen LogP contribution is -2.52. The number of likely N-dealkylation sites (N-methyl/N-ethyl adjacent to an activating group) is 2. The van der Waals surface area contributed by atoms with Crippen molar-refractivity contribution in [1.82, 2.24) is 10.2 Å². The lowest BCUT2D eigenvalue weighted by Gasteiger charge is -2.46. The van der Waals surface area contributed by atoms with Gasteiger partial charge >= 0.3 is 0 Å². The first kappa shape index (κ1) is 13.4. The molecule has 2 rings (SSSR count). The predicted molar refractivity (Wildman–Crippen MR) is 75.1 cm³/mol. The second-order valence-electron chi connectivity index (χ2n) is 5.17. The molecule has 1 N–H and O–H groups in total. The number of hydrogen-bond acceptors (Lipinski definition) is 3. The maximum atomic E-state index is 5.25. The zero-order valence-electron chi connectivity index (χ0n) is 11.7. The van der Waals surface area contributed by atoms with Crippen molar-refractivity contribution in [3.63, 3.8) is 0 Å². The molecule has 0 aromatic heterocycles. The third-order valence-electron chi connectivity index (χ3n) is 4.16. The topological polar surface area (TPSA) is 24.5 Å². The Labute approximate surface area is 110 Å². The number of ether oxygens (including phenoxy) is 1. The minimum Gasteiger partial charge on any atom is -0.497 e. The van der Waals surface area contributed by atoms with Gasteiger partial charge in [0.2, 0.25) is 0 Å². The molecule has 1 saturated heterocycles. The monoisotopic (exact) mass is 248 g/mol. The van der Waals surface area contributed by atoms with E-state index in [2.05, 4.69) is 41.5 Å². The van der Waals surface area contributed by atoms with Crippen LogP contribution in [0.4, 0.5) is 0 Å². The second-order valence-corrected chi connectivity index (χ2v) is 5.17. The van der Waals surface area contributed by atoms with Gasteiger partial charge in [-0.3, -0.25) is 4.90 Å². The van der Waals surface area contributed by atoms with Crippen molar-refractivity contribution in [3.8, 4) is 5.75 Å². The SMILES string of the molecule is CNCC1(c2ccc(OC)cc2)CCCCN1C. The van der Waals surface area contributed by atoms with E-state index in [1.165, 1.54) is 31.4 Å². The summed E-state index contributed by atoms with van der Waals surface area (Å²) in [6.45, 7) is 2.17. The molecule has 1 heterocycles. The van der Waals surface area contributed by atoms with Gasteiger partial charge < -0.3 is 10.1 Å². The normalized spacial score (nSPS) is 25.1. The van der Waals surface area contributed by atoms with Gasteiger partial charge in [0, 0.05) is 6.54 Å². The Morgan fingerprint density at radius 3 is 2.56 bits per heavy atom. The summed E-state index contributed by atoms with van der Waals surface area (Å²) in [6, 6.07) is 8.54. The Morgan fingerprint density at radius 1 is 1.28 bits per heavy atom. The molecule has 1 fully saturated rings. The van der Waals surface area contributed by atoms with Crippen LogP contribution >= 0.6 is 0 Å². The summed E-state index contributed by atoms with van der Waals surface area (Å²) in [4.78, 5) is 2.49. The molecular weight excluding hydrogens is 224 g/mol. The van der Waals surface area contributed by atoms with Gasteiger partial charge in [-0.25, -0.2) is 0 Å². The molecule has 0 spiro atoms. The summed E-state index contributed by atoms with van der Waals surface area (Å²) in [5.41, 5.74) is 1.53. The van der Waals surface area contributed by atoms with E-state index in [0.29, 0.717) is 0 Å². The first-order valence-corrected chi connectivity index (χ1v) is 6.73. The number of piperidine rings is 1. The lowest BCUT2D eigenvalue weighted by molar-refractivity contribution is 0.0716. The first-order chi connectivity index (χ1) is 8.73. The van der Waals surface area contributed by atoms with Crippen molar-refractivity contribution in [2.45, 2.75) is 24.8 Å². The van der Waals surface area contributed by atoms with Gasteiger partial charge in [-0.1, -0.05) is 12.1 Å². The zero-order valence-corrected chi connectivity index (χ0v) is 11.7. The summed E-state index contributed by atoms with van der Waals surface area (Å²) in [5.74, 6) is 0.928. The zero-order chi connectivity index (χ0) is 13.0. The van der Waals surface area contributed by atoms with E-state index in [9.17, 15) is 0 Å². The van der Waals surface area contributed by atoms with Gasteiger partial charge in [0.05, 0.1) is 12.6 Å². The Bertz CT molecular complexity index is 373. The molecule has 1 unspecified atom stereocenters. The van der Waals surface area contributed by atoms with Gasteiger partial charge in [0.25, 0.3) is 0 Å². The summed E-state index contributed by atoms with van der Waals surface area (Å²) in [6.07, 6.45) is 3.83. The van der Waals surface area contributed by atoms with Crippen LogP contribution in [0.5, 0.6) is 5.75 Å². The molecule has 1 aliphatic heterocycles. The van der Waals surface area contributed by atoms with Gasteiger partial charge in [0.1, 0.15) is 5.75 Å². The molecule has 0 bridgehead atoms. The Hall–Kier alpha value is -1.06. The van der Waals surface area contributed by atoms with Crippen molar-refractivity contribution in [3.05, 3.63) is 29.8 Å². The molecule has 0 amide bonds. The number of nitrogens with one attached hydrogen (secondary N) is 1. The highest BCUT2D eigenvalue weighted by Gasteiger charge is 2.37. The van der Waals surface area contributed by atoms with Gasteiger partial charge in [0.15, 0.2) is 0 Å². The summed E-state index contributed by atoms with van der Waals surface area (Å²) < 4.78 is 5.25. The van der Waals surface area contributed by atoms with Gasteiger partial charge in [-0.15, -0.1) is 0 Å². The summed E-state index contributed by atoms with van der Waals surface area (Å²) in [5, 5.41) is 3.36. The largest absolute Gasteiger partial charge is 0.497 e. The molecule has 0 saturated carbocycles. The average Bonchev–Trinajstić information content (AvgIpc) is 2.42. The van der Waals surface area contributed by atoms with Crippen molar-refractivity contribution in [2.24, 2.45) is 0 Å². The Balaban J connectivity index is 2.32. The molecular formula is C15H24N2O. The maximum Gasteiger partial charge on any atom is 0.118 e. The standard InChI is InChI=1S/C15H24N2O/c1-16-12-15(10-4-5-11-17(15)2)13-6-8-14(18-3)9-7-13/h6-9,16H,4-5,10-12H2,1-3H3. The van der Waals surface area contributed by atoms with Crippen LogP contribution in [0.2, 0.25) is 0 Å². The van der Waals surface area contributed by atoms with E-state index >= 15 is 0 Å². The fourth-order valence-corrected chi connectivity index (χ4v) is 3.06. The molecule has 0 radical (unpaired) electrons. The van der Waals surface area contributed by atoms with Crippen LogP contribution < -0.4 is 10.1 Å². The number of nitrogens with zero attached hydrogens (tertiary/aromatic N) is 1. The van der Waals surface area contributed by atoms with Crippen LogP contribution in [0.1, 0.15) is 24.8 Å². The lowest BCUT2D eigenvalue weighted by atomic mass is 9.80. The maximum absolute atomic E-state index is 5.25. The molecule has 18 heavy (non-hydrogen) atoms. The number of hydrogen-bond donors (Lipinski definition) is 1. The third-order valence-corrected chi connectivity index (χ3v) is 4.16. The van der Waals surface area contributed by atoms with Crippen LogP contribution in [0.15, 0.2) is 24.3 Å². The number of likely N-dealkylation sites (tertiary alicyclic amines) is 1. The highest BCUT2D eigenvalue weighted by atomic mass is 16.5. The fraction of sp³-hybridized carbons (Fsp3) is 0.600. The summed E-state index contributed by atoms with van der Waals surface area (Å²) in [7, 11) is 5.99. The van der Waals surface area contributed by atoms with E-state index in [1.54, 1.807) is 7.11 Å². The van der Waals surface area contributed by atoms with E-state index in [4.69, 9.17) is 4.74 Å². The average molecular weight is 248 g/mol. The third kappa shape index (κ3) is 2.38. The quantitative estimate of drug-likeness (QED) is 0.884. The van der Waals surface area contributed by atoms with E-state index in [0.717, 1.165) is 12.3 Å². The minimum atomic E-state index is 0.138. The molecule has 3 heteroatoms. The molecule has 100 valence electrons. The van der Waals surface area contributed by atoms with Crippen LogP contribution in [0.3, 0.4) is 0 Å². The summed E-state index contributed by atoms with van der Waals surface area (Å²) >= 11 is 0. The van der Waals surface area contributed by atoms with Crippen molar-refractivity contribution < 1.29 is 4.74 Å². The number of methoxy groups -OCH3 is 1. The second kappa shape index (κ2) is 5.72. The van der Waals surface area contributed by atoms with Crippen molar-refractivity contribution >= 4 is 0 Å². The van der Waals surface area contributed by atoms with Gasteiger partial charge in [-0.05, 0) is 57.6 Å². The molecule has 1 atom stereocenters. The highest BCUT2D eigenvalue weighted by molar-refractivity contribution is 5.32. The Morgan fingerprint density at radius 2 is 2.00 bits per heavy atom. The fourth-order valence-electron chi connectivity index (χ4n) is 3.06. The smallest absolute Gasteiger partial charge is 0.118 e. The Kier molecular flexibility index (Phi) is 4.25. The first-order valence-electron chi connectivity index (χ1n) is 6.73. The van der Waals surface area contributed by atoms with Crippen LogP contribution in [-0.4, -0.2) is 39.2 Å². The van der Waals surface area contributed by atoms with Gasteiger partial charge in [-0.2, -0.15) is 0 Å². The molecule has 1 aromatic carbocycles. The van der Waals surface area contributed by atoms with Crippen LogP contribution in [-0.2, 0) is 5.54 Å². The highest BCUT2D eigenvalue weighted by Crippen LogP contribution is 2.36. The molecule has 1 aromatic rings. The number of rotatable bonds is 4. The predicted octanol–water partition coefficient (Wildman–Crippen LogP) is 2.23. The van der Waals surface area contributed by atoms with Crippen LogP contribution in [0.25, 0.3) is 0 Å². The molecule has 3 nitrogen and oxygen atoms in total. The van der Waals surface area contributed by atoms with E-state index < -0.39 is 0 Å². The molecule has 0 aliphatic carbocycles. The number of benzene rings is 1. The minimum absolute atomic E-state index is 0.138. The van der Waals surface area contributed by atoms with E-state index in [1.807, 2.05) is 7.05 Å². The van der Waals surface area contributed by atoms with Crippen molar-refractivity contribution in [1.29, 1.82) is 0 Å². The van der Waals surface area contributed by atoms with Crippen molar-refractivity contribution in [2.75, 3.05) is 34.3 Å². The van der Waals surface area contributed by atoms with E-state index in [-0.39, 0.29) is 5.54 Å². The molecule has 1 aliphatic rings.